The van der Waals surface area contributed by atoms with Gasteiger partial charge in [0.15, 0.2) is 0 Å². The van der Waals surface area contributed by atoms with Crippen LogP contribution in [0, 0.1) is 23.7 Å². The molecule has 0 aliphatic carbocycles. The molecule has 4 nitrogen and oxygen atoms in total. The van der Waals surface area contributed by atoms with Gasteiger partial charge in [-0.3, -0.25) is 0 Å². The fourth-order valence-corrected chi connectivity index (χ4v) is 5.43. The van der Waals surface area contributed by atoms with Crippen molar-refractivity contribution in [3.05, 3.63) is 118 Å². The van der Waals surface area contributed by atoms with Crippen LogP contribution in [0.1, 0.15) is 84.7 Å². The molecule has 0 saturated carbocycles. The molecular formula is C42H44O4. The molecule has 4 aromatic rings. The molecule has 4 bridgehead atoms. The molecule has 0 radical (unpaired) electrons. The maximum absolute atomic E-state index is 6.41. The van der Waals surface area contributed by atoms with E-state index in [1.165, 1.54) is 36.8 Å². The van der Waals surface area contributed by atoms with Gasteiger partial charge in [0, 0.05) is 23.3 Å². The average molecular weight is 613 g/mol. The minimum Gasteiger partial charge on any atom is -0.497 e. The van der Waals surface area contributed by atoms with Crippen molar-refractivity contribution in [2.45, 2.75) is 64.2 Å². The molecular weight excluding hydrogens is 568 g/mol. The summed E-state index contributed by atoms with van der Waals surface area (Å²) in [5.41, 5.74) is 6.27. The molecule has 4 aliphatic rings. The van der Waals surface area contributed by atoms with E-state index < -0.39 is 0 Å². The summed E-state index contributed by atoms with van der Waals surface area (Å²) in [4.78, 5) is 0. The molecule has 236 valence electrons. The molecule has 8 rings (SSSR count). The molecule has 0 N–H and O–H groups in total. The molecule has 0 fully saturated rings. The summed E-state index contributed by atoms with van der Waals surface area (Å²) in [6.45, 7) is 1.24. The summed E-state index contributed by atoms with van der Waals surface area (Å²) >= 11 is 0. The minimum atomic E-state index is 0.622. The third-order valence-electron chi connectivity index (χ3n) is 8.20. The molecule has 0 amide bonds. The molecule has 4 aliphatic heterocycles. The first-order valence-corrected chi connectivity index (χ1v) is 16.5. The van der Waals surface area contributed by atoms with E-state index in [9.17, 15) is 0 Å². The number of hydrogen-bond donors (Lipinski definition) is 0. The van der Waals surface area contributed by atoms with Gasteiger partial charge in [-0.25, -0.2) is 0 Å². The Labute approximate surface area is 275 Å². The lowest BCUT2D eigenvalue weighted by molar-refractivity contribution is 0.295. The van der Waals surface area contributed by atoms with Crippen LogP contribution in [0.5, 0.6) is 23.0 Å². The largest absolute Gasteiger partial charge is 0.497 e. The second kappa shape index (κ2) is 17.6. The zero-order valence-electron chi connectivity index (χ0n) is 27.2. The number of methoxy groups -OCH3 is 2. The highest BCUT2D eigenvalue weighted by Crippen LogP contribution is 2.30. The van der Waals surface area contributed by atoms with Crippen molar-refractivity contribution in [3.63, 3.8) is 0 Å². The molecule has 0 spiro atoms. The summed E-state index contributed by atoms with van der Waals surface area (Å²) in [5, 5.41) is 0. The van der Waals surface area contributed by atoms with E-state index in [0.717, 1.165) is 83.8 Å². The summed E-state index contributed by atoms with van der Waals surface area (Å²) in [6.07, 6.45) is 11.2. The van der Waals surface area contributed by atoms with E-state index in [1.807, 2.05) is 60.7 Å². The van der Waals surface area contributed by atoms with Crippen molar-refractivity contribution in [3.8, 4) is 46.7 Å². The quantitative estimate of drug-likeness (QED) is 0.212. The van der Waals surface area contributed by atoms with Crippen LogP contribution in [0.3, 0.4) is 0 Å². The normalized spacial score (nSPS) is 14.1. The lowest BCUT2D eigenvalue weighted by atomic mass is 10.0. The van der Waals surface area contributed by atoms with Gasteiger partial charge in [0.05, 0.1) is 38.6 Å². The van der Waals surface area contributed by atoms with Crippen LogP contribution in [-0.2, 0) is 12.8 Å². The molecule has 4 heteroatoms. The highest BCUT2D eigenvalue weighted by molar-refractivity contribution is 5.60. The molecule has 0 aromatic heterocycles. The van der Waals surface area contributed by atoms with Crippen LogP contribution in [0.2, 0.25) is 0 Å². The average Bonchev–Trinajstić information content (AvgIpc) is 3.10. The predicted octanol–water partition coefficient (Wildman–Crippen LogP) is 9.18. The van der Waals surface area contributed by atoms with E-state index in [0.29, 0.717) is 13.2 Å². The van der Waals surface area contributed by atoms with Gasteiger partial charge in [0.1, 0.15) is 23.0 Å². The fourth-order valence-electron chi connectivity index (χ4n) is 5.43. The summed E-state index contributed by atoms with van der Waals surface area (Å²) in [5.74, 6) is 16.4. The van der Waals surface area contributed by atoms with Crippen molar-refractivity contribution < 1.29 is 18.9 Å². The zero-order chi connectivity index (χ0) is 31.8. The number of hydrogen-bond acceptors (Lipinski definition) is 4. The minimum absolute atomic E-state index is 0.622. The van der Waals surface area contributed by atoms with Crippen molar-refractivity contribution in [1.29, 1.82) is 0 Å². The number of ether oxygens (including phenoxy) is 4. The first-order valence-electron chi connectivity index (χ1n) is 16.5. The Balaban J connectivity index is 1.41. The Morgan fingerprint density at radius 1 is 0.457 bits per heavy atom. The van der Waals surface area contributed by atoms with Crippen molar-refractivity contribution in [2.75, 3.05) is 27.4 Å². The molecule has 4 aromatic carbocycles. The highest BCUT2D eigenvalue weighted by atomic mass is 16.5. The van der Waals surface area contributed by atoms with E-state index in [4.69, 9.17) is 18.9 Å². The Hall–Kier alpha value is -4.80. The van der Waals surface area contributed by atoms with Gasteiger partial charge in [0.2, 0.25) is 0 Å². The van der Waals surface area contributed by atoms with Crippen LogP contribution in [0.4, 0.5) is 0 Å². The van der Waals surface area contributed by atoms with Crippen LogP contribution < -0.4 is 18.9 Å². The zero-order valence-corrected chi connectivity index (χ0v) is 27.2. The monoisotopic (exact) mass is 612 g/mol. The maximum Gasteiger partial charge on any atom is 0.136 e. The van der Waals surface area contributed by atoms with Crippen LogP contribution >= 0.6 is 0 Å². The smallest absolute Gasteiger partial charge is 0.136 e. The lowest BCUT2D eigenvalue weighted by Gasteiger charge is -2.14. The lowest BCUT2D eigenvalue weighted by Crippen LogP contribution is -2.03. The SMILES string of the molecule is COc1ccc(C#Cc2cc3c(C#Cc4ccc(OC)cc4)cc2OCCCCCCc2ccc(cc2)CCCCCCO3)cc1. The van der Waals surface area contributed by atoms with Gasteiger partial charge in [-0.15, -0.1) is 0 Å². The Kier molecular flexibility index (Phi) is 12.5. The number of benzene rings is 4. The van der Waals surface area contributed by atoms with Gasteiger partial charge >= 0.3 is 0 Å². The summed E-state index contributed by atoms with van der Waals surface area (Å²) in [6, 6.07) is 28.8. The van der Waals surface area contributed by atoms with Crippen LogP contribution in [0.25, 0.3) is 0 Å². The van der Waals surface area contributed by atoms with Crippen molar-refractivity contribution in [2.24, 2.45) is 0 Å². The van der Waals surface area contributed by atoms with Gasteiger partial charge in [-0.05, 0) is 98.2 Å². The van der Waals surface area contributed by atoms with Gasteiger partial charge in [0.25, 0.3) is 0 Å². The molecule has 0 unspecified atom stereocenters. The van der Waals surface area contributed by atoms with E-state index in [2.05, 4.69) is 47.9 Å². The standard InChI is InChI=1S/C42H44O4/c1-43-39-25-19-35(20-26-39)17-23-37-31-42-38(24-18-36-21-27-40(44-2)28-22-36)32-41(37)45-29-9-5-3-7-11-33-13-15-34(16-14-33)12-8-4-6-10-30-46-42/h13-16,19-22,25-28,31-32H,3-12,29-30H2,1-2H3. The fraction of sp³-hybridized carbons (Fsp3) is 0.333. The maximum atomic E-state index is 6.41. The third kappa shape index (κ3) is 10.1. The molecule has 0 atom stereocenters. The first-order chi connectivity index (χ1) is 22.7. The predicted molar refractivity (Wildman–Crippen MR) is 186 cm³/mol. The van der Waals surface area contributed by atoms with Gasteiger partial charge in [-0.1, -0.05) is 73.6 Å². The molecule has 46 heavy (non-hydrogen) atoms. The van der Waals surface area contributed by atoms with Crippen molar-refractivity contribution in [1.82, 2.24) is 0 Å². The second-order valence-corrected chi connectivity index (χ2v) is 11.6. The van der Waals surface area contributed by atoms with E-state index in [1.54, 1.807) is 14.2 Å². The summed E-state index contributed by atoms with van der Waals surface area (Å²) < 4.78 is 23.4. The Morgan fingerprint density at radius 3 is 1.24 bits per heavy atom. The topological polar surface area (TPSA) is 36.9 Å². The van der Waals surface area contributed by atoms with Crippen LogP contribution in [0.15, 0.2) is 84.9 Å². The van der Waals surface area contributed by atoms with E-state index in [-0.39, 0.29) is 0 Å². The van der Waals surface area contributed by atoms with E-state index >= 15 is 0 Å². The molecule has 4 heterocycles. The molecule has 0 saturated heterocycles. The second-order valence-electron chi connectivity index (χ2n) is 11.6. The number of aryl methyl sites for hydroxylation is 2. The summed E-state index contributed by atoms with van der Waals surface area (Å²) in [7, 11) is 3.33. The van der Waals surface area contributed by atoms with Crippen LogP contribution in [-0.4, -0.2) is 27.4 Å². The van der Waals surface area contributed by atoms with Gasteiger partial charge in [-0.2, -0.15) is 0 Å². The first kappa shape index (κ1) is 32.6. The number of rotatable bonds is 2. The van der Waals surface area contributed by atoms with Gasteiger partial charge < -0.3 is 18.9 Å². The Morgan fingerprint density at radius 2 is 0.848 bits per heavy atom. The Bertz CT molecular complexity index is 1520. The highest BCUT2D eigenvalue weighted by Gasteiger charge is 2.11. The van der Waals surface area contributed by atoms with Crippen molar-refractivity contribution >= 4 is 0 Å². The third-order valence-corrected chi connectivity index (χ3v) is 8.20.